The summed E-state index contributed by atoms with van der Waals surface area (Å²) in [7, 11) is 0. The number of carbonyl (C=O) groups is 1. The number of benzene rings is 2. The maximum absolute atomic E-state index is 12.6. The molecule has 5 nitrogen and oxygen atoms in total. The Balaban J connectivity index is 1.39. The summed E-state index contributed by atoms with van der Waals surface area (Å²) in [6, 6.07) is 20.0. The molecule has 1 aliphatic heterocycles. The zero-order chi connectivity index (χ0) is 20.1. The average Bonchev–Trinajstić information content (AvgIpc) is 3.29. The van der Waals surface area contributed by atoms with Crippen molar-refractivity contribution in [2.75, 3.05) is 26.2 Å². The number of hydrogen-bond acceptors (Lipinski definition) is 4. The van der Waals surface area contributed by atoms with Crippen LogP contribution >= 0.6 is 0 Å². The van der Waals surface area contributed by atoms with Crippen LogP contribution in [0.1, 0.15) is 42.9 Å². The summed E-state index contributed by atoms with van der Waals surface area (Å²) in [5, 5.41) is 9.00. The first-order chi connectivity index (χ1) is 14.2. The van der Waals surface area contributed by atoms with Crippen molar-refractivity contribution in [2.45, 2.75) is 31.7 Å². The third-order valence-electron chi connectivity index (χ3n) is 6.12. The third-order valence-corrected chi connectivity index (χ3v) is 6.12. The van der Waals surface area contributed by atoms with E-state index in [1.54, 1.807) is 29.2 Å². The summed E-state index contributed by atoms with van der Waals surface area (Å²) in [5.74, 6) is 1.12. The van der Waals surface area contributed by atoms with Crippen LogP contribution in [0.2, 0.25) is 0 Å². The van der Waals surface area contributed by atoms with Gasteiger partial charge in [0.05, 0.1) is 11.6 Å². The number of hydrogen-bond donors (Lipinski definition) is 0. The Kier molecular flexibility index (Phi) is 6.12. The Morgan fingerprint density at radius 3 is 2.41 bits per heavy atom. The van der Waals surface area contributed by atoms with E-state index in [0.29, 0.717) is 36.4 Å². The number of carbonyl (C=O) groups excluding carboxylic acids is 1. The summed E-state index contributed by atoms with van der Waals surface area (Å²) in [6.45, 7) is 3.02. The number of amides is 1. The minimum atomic E-state index is -0.336. The lowest BCUT2D eigenvalue weighted by Gasteiger charge is -2.41. The van der Waals surface area contributed by atoms with Gasteiger partial charge in [0.2, 0.25) is 0 Å². The van der Waals surface area contributed by atoms with E-state index in [9.17, 15) is 4.79 Å². The van der Waals surface area contributed by atoms with Crippen LogP contribution in [-0.4, -0.2) is 42.1 Å². The van der Waals surface area contributed by atoms with E-state index in [1.807, 2.05) is 0 Å². The van der Waals surface area contributed by atoms with Gasteiger partial charge >= 0.3 is 6.09 Å². The van der Waals surface area contributed by atoms with Crippen molar-refractivity contribution in [3.05, 3.63) is 65.7 Å². The standard InChI is InChI=1S/C24H27N3O2/c25-18-19-7-6-12-22(17-19)29-24(28)27-15-13-26(14-16-27)23(21-10-4-5-11-21)20-8-2-1-3-9-20/h1-3,6-9,12,17,21,23H,4-5,10-11,13-16H2. The summed E-state index contributed by atoms with van der Waals surface area (Å²) in [5.41, 5.74) is 1.88. The van der Waals surface area contributed by atoms with Gasteiger partial charge in [-0.3, -0.25) is 4.90 Å². The Hall–Kier alpha value is -2.84. The molecule has 4 rings (SSSR count). The van der Waals surface area contributed by atoms with E-state index in [0.717, 1.165) is 13.1 Å². The molecule has 5 heteroatoms. The van der Waals surface area contributed by atoms with Gasteiger partial charge in [-0.25, -0.2) is 4.79 Å². The van der Waals surface area contributed by atoms with Gasteiger partial charge in [-0.1, -0.05) is 49.2 Å². The van der Waals surface area contributed by atoms with Crippen molar-refractivity contribution < 1.29 is 9.53 Å². The molecule has 2 fully saturated rings. The first kappa shape index (κ1) is 19.5. The van der Waals surface area contributed by atoms with Crippen LogP contribution in [-0.2, 0) is 0 Å². The molecule has 1 aliphatic carbocycles. The topological polar surface area (TPSA) is 56.6 Å². The molecule has 2 aliphatic rings. The molecule has 1 heterocycles. The van der Waals surface area contributed by atoms with Crippen molar-refractivity contribution in [1.82, 2.24) is 9.80 Å². The van der Waals surface area contributed by atoms with E-state index in [4.69, 9.17) is 10.00 Å². The second kappa shape index (κ2) is 9.11. The lowest BCUT2D eigenvalue weighted by Crippen LogP contribution is -2.51. The van der Waals surface area contributed by atoms with Crippen molar-refractivity contribution in [3.63, 3.8) is 0 Å². The number of nitrogens with zero attached hydrogens (tertiary/aromatic N) is 3. The lowest BCUT2D eigenvalue weighted by atomic mass is 9.90. The van der Waals surface area contributed by atoms with Gasteiger partial charge < -0.3 is 9.64 Å². The molecule has 29 heavy (non-hydrogen) atoms. The van der Waals surface area contributed by atoms with Gasteiger partial charge in [0.15, 0.2) is 0 Å². The first-order valence-electron chi connectivity index (χ1n) is 10.5. The second-order valence-corrected chi connectivity index (χ2v) is 7.93. The molecule has 0 aromatic heterocycles. The zero-order valence-corrected chi connectivity index (χ0v) is 16.7. The van der Waals surface area contributed by atoms with E-state index >= 15 is 0 Å². The minimum Gasteiger partial charge on any atom is -0.410 e. The smallest absolute Gasteiger partial charge is 0.410 e. The molecule has 150 valence electrons. The molecule has 0 radical (unpaired) electrons. The van der Waals surface area contributed by atoms with Gasteiger partial charge in [-0.2, -0.15) is 5.26 Å². The summed E-state index contributed by atoms with van der Waals surface area (Å²) in [6.07, 6.45) is 4.88. The fourth-order valence-corrected chi connectivity index (χ4v) is 4.68. The van der Waals surface area contributed by atoms with Crippen LogP contribution in [0, 0.1) is 17.2 Å². The molecule has 2 aromatic rings. The van der Waals surface area contributed by atoms with Crippen LogP contribution in [0.3, 0.4) is 0 Å². The monoisotopic (exact) mass is 389 g/mol. The van der Waals surface area contributed by atoms with Gasteiger partial charge in [0.1, 0.15) is 5.75 Å². The van der Waals surface area contributed by atoms with Crippen LogP contribution < -0.4 is 4.74 Å². The summed E-state index contributed by atoms with van der Waals surface area (Å²) >= 11 is 0. The summed E-state index contributed by atoms with van der Waals surface area (Å²) < 4.78 is 5.49. The van der Waals surface area contributed by atoms with Gasteiger partial charge in [0, 0.05) is 32.2 Å². The number of ether oxygens (including phenoxy) is 1. The summed E-state index contributed by atoms with van der Waals surface area (Å²) in [4.78, 5) is 16.9. The average molecular weight is 389 g/mol. The fraction of sp³-hybridized carbons (Fsp3) is 0.417. The predicted molar refractivity (Wildman–Crippen MR) is 111 cm³/mol. The van der Waals surface area contributed by atoms with Crippen molar-refractivity contribution in [3.8, 4) is 11.8 Å². The normalized spacial score (nSPS) is 18.9. The van der Waals surface area contributed by atoms with Crippen LogP contribution in [0.25, 0.3) is 0 Å². The number of piperazine rings is 1. The molecule has 1 saturated carbocycles. The van der Waals surface area contributed by atoms with Gasteiger partial charge in [-0.05, 0) is 42.5 Å². The molecule has 1 saturated heterocycles. The van der Waals surface area contributed by atoms with Crippen LogP contribution in [0.4, 0.5) is 4.79 Å². The molecule has 2 aromatic carbocycles. The van der Waals surface area contributed by atoms with Gasteiger partial charge in [-0.15, -0.1) is 0 Å². The molecule has 0 bridgehead atoms. The SMILES string of the molecule is N#Cc1cccc(OC(=O)N2CCN(C(c3ccccc3)C3CCCC3)CC2)c1. The first-order valence-corrected chi connectivity index (χ1v) is 10.5. The highest BCUT2D eigenvalue weighted by molar-refractivity contribution is 5.71. The highest BCUT2D eigenvalue weighted by atomic mass is 16.6. The molecule has 0 N–H and O–H groups in total. The zero-order valence-electron chi connectivity index (χ0n) is 16.7. The van der Waals surface area contributed by atoms with Crippen molar-refractivity contribution in [2.24, 2.45) is 5.92 Å². The Morgan fingerprint density at radius 1 is 1.00 bits per heavy atom. The maximum atomic E-state index is 12.6. The van der Waals surface area contributed by atoms with Crippen LogP contribution in [0.5, 0.6) is 5.75 Å². The highest BCUT2D eigenvalue weighted by Crippen LogP contribution is 2.39. The largest absolute Gasteiger partial charge is 0.415 e. The van der Waals surface area contributed by atoms with E-state index in [-0.39, 0.29) is 6.09 Å². The quantitative estimate of drug-likeness (QED) is 0.766. The van der Waals surface area contributed by atoms with E-state index < -0.39 is 0 Å². The predicted octanol–water partition coefficient (Wildman–Crippen LogP) is 4.61. The van der Waals surface area contributed by atoms with E-state index in [1.165, 1.54) is 31.2 Å². The second-order valence-electron chi connectivity index (χ2n) is 7.93. The highest BCUT2D eigenvalue weighted by Gasteiger charge is 2.34. The number of rotatable bonds is 4. The molecule has 1 atom stereocenters. The molecular formula is C24H27N3O2. The molecule has 1 unspecified atom stereocenters. The Morgan fingerprint density at radius 2 is 1.72 bits per heavy atom. The van der Waals surface area contributed by atoms with E-state index in [2.05, 4.69) is 41.3 Å². The molecule has 0 spiro atoms. The lowest BCUT2D eigenvalue weighted by molar-refractivity contribution is 0.0686. The molecule has 1 amide bonds. The third kappa shape index (κ3) is 4.60. The molecular weight excluding hydrogens is 362 g/mol. The van der Waals surface area contributed by atoms with Gasteiger partial charge in [0.25, 0.3) is 0 Å². The maximum Gasteiger partial charge on any atom is 0.415 e. The minimum absolute atomic E-state index is 0.336. The fourth-order valence-electron chi connectivity index (χ4n) is 4.68. The Labute approximate surface area is 172 Å². The van der Waals surface area contributed by atoms with Crippen LogP contribution in [0.15, 0.2) is 54.6 Å². The van der Waals surface area contributed by atoms with Crippen molar-refractivity contribution in [1.29, 1.82) is 5.26 Å². The number of nitriles is 1. The van der Waals surface area contributed by atoms with Crippen molar-refractivity contribution >= 4 is 6.09 Å². The Bertz CT molecular complexity index is 863.